The van der Waals surface area contributed by atoms with Crippen LogP contribution in [0.5, 0.6) is 5.75 Å². The van der Waals surface area contributed by atoms with Crippen molar-refractivity contribution in [3.8, 4) is 5.75 Å². The zero-order valence-corrected chi connectivity index (χ0v) is 11.5. The number of hydrogen-bond acceptors (Lipinski definition) is 3. The Morgan fingerprint density at radius 2 is 2.06 bits per heavy atom. The largest absolute Gasteiger partial charge is 0.491 e. The standard InChI is InChI=1S/C14H22FNO2/c1-5-18-12-7-6-10(8-11(12)15)16-9-13(17)14(2,3)4/h6-8,13,16-17H,5,9H2,1-4H3. The van der Waals surface area contributed by atoms with Gasteiger partial charge in [-0.3, -0.25) is 0 Å². The van der Waals surface area contributed by atoms with Gasteiger partial charge in [0.2, 0.25) is 0 Å². The first-order valence-corrected chi connectivity index (χ1v) is 6.19. The molecule has 1 rings (SSSR count). The molecule has 1 aromatic carbocycles. The van der Waals surface area contributed by atoms with Gasteiger partial charge in [0, 0.05) is 18.3 Å². The lowest BCUT2D eigenvalue weighted by atomic mass is 9.89. The Bertz CT molecular complexity index is 388. The molecule has 0 spiro atoms. The number of benzene rings is 1. The molecule has 1 unspecified atom stereocenters. The van der Waals surface area contributed by atoms with Crippen LogP contribution in [0.2, 0.25) is 0 Å². The van der Waals surface area contributed by atoms with Gasteiger partial charge < -0.3 is 15.2 Å². The molecule has 4 heteroatoms. The van der Waals surface area contributed by atoms with Crippen LogP contribution in [0.3, 0.4) is 0 Å². The number of aliphatic hydroxyl groups excluding tert-OH is 1. The molecule has 0 amide bonds. The molecule has 3 nitrogen and oxygen atoms in total. The predicted octanol–water partition coefficient (Wildman–Crippen LogP) is 3.04. The lowest BCUT2D eigenvalue weighted by Crippen LogP contribution is -2.32. The van der Waals surface area contributed by atoms with Crippen LogP contribution >= 0.6 is 0 Å². The predicted molar refractivity (Wildman–Crippen MR) is 71.5 cm³/mol. The van der Waals surface area contributed by atoms with Crippen molar-refractivity contribution in [1.82, 2.24) is 0 Å². The second-order valence-corrected chi connectivity index (χ2v) is 5.34. The maximum atomic E-state index is 13.6. The number of rotatable bonds is 5. The number of aliphatic hydroxyl groups is 1. The molecular weight excluding hydrogens is 233 g/mol. The third-order valence-corrected chi connectivity index (χ3v) is 2.73. The Kier molecular flexibility index (Phi) is 4.96. The van der Waals surface area contributed by atoms with E-state index in [1.54, 1.807) is 12.1 Å². The van der Waals surface area contributed by atoms with Gasteiger partial charge in [0.1, 0.15) is 0 Å². The first kappa shape index (κ1) is 14.8. The van der Waals surface area contributed by atoms with Crippen molar-refractivity contribution >= 4 is 5.69 Å². The molecule has 0 aliphatic carbocycles. The van der Waals surface area contributed by atoms with Crippen molar-refractivity contribution in [2.45, 2.75) is 33.8 Å². The molecule has 0 aliphatic rings. The minimum atomic E-state index is -0.493. The summed E-state index contributed by atoms with van der Waals surface area (Å²) in [6, 6.07) is 4.70. The molecule has 0 saturated heterocycles. The minimum absolute atomic E-state index is 0.198. The maximum absolute atomic E-state index is 13.6. The topological polar surface area (TPSA) is 41.5 Å². The molecule has 0 radical (unpaired) electrons. The van der Waals surface area contributed by atoms with E-state index in [4.69, 9.17) is 4.74 Å². The van der Waals surface area contributed by atoms with Crippen molar-refractivity contribution in [3.05, 3.63) is 24.0 Å². The van der Waals surface area contributed by atoms with E-state index in [0.717, 1.165) is 0 Å². The van der Waals surface area contributed by atoms with Crippen LogP contribution < -0.4 is 10.1 Å². The summed E-state index contributed by atoms with van der Waals surface area (Å²) < 4.78 is 18.7. The molecule has 0 heterocycles. The smallest absolute Gasteiger partial charge is 0.167 e. The zero-order valence-electron chi connectivity index (χ0n) is 11.5. The van der Waals surface area contributed by atoms with Crippen molar-refractivity contribution in [2.75, 3.05) is 18.5 Å². The van der Waals surface area contributed by atoms with Gasteiger partial charge in [-0.2, -0.15) is 0 Å². The van der Waals surface area contributed by atoms with Gasteiger partial charge in [-0.15, -0.1) is 0 Å². The van der Waals surface area contributed by atoms with Gasteiger partial charge in [0.05, 0.1) is 12.7 Å². The van der Waals surface area contributed by atoms with Crippen LogP contribution in [0.15, 0.2) is 18.2 Å². The van der Waals surface area contributed by atoms with Gasteiger partial charge >= 0.3 is 0 Å². The number of ether oxygens (including phenoxy) is 1. The highest BCUT2D eigenvalue weighted by Crippen LogP contribution is 2.23. The lowest BCUT2D eigenvalue weighted by Gasteiger charge is -2.26. The van der Waals surface area contributed by atoms with E-state index >= 15 is 0 Å². The van der Waals surface area contributed by atoms with Gasteiger partial charge in [-0.25, -0.2) is 4.39 Å². The Hall–Kier alpha value is -1.29. The number of anilines is 1. The zero-order chi connectivity index (χ0) is 13.8. The fourth-order valence-corrected chi connectivity index (χ4v) is 1.40. The Morgan fingerprint density at radius 3 is 2.56 bits per heavy atom. The number of halogens is 1. The molecular formula is C14H22FNO2. The normalized spacial score (nSPS) is 13.2. The summed E-state index contributed by atoms with van der Waals surface area (Å²) in [6.45, 7) is 8.50. The van der Waals surface area contributed by atoms with Crippen molar-refractivity contribution < 1.29 is 14.2 Å². The summed E-state index contributed by atoms with van der Waals surface area (Å²) in [4.78, 5) is 0. The summed E-state index contributed by atoms with van der Waals surface area (Å²) in [5, 5.41) is 12.9. The maximum Gasteiger partial charge on any atom is 0.167 e. The second-order valence-electron chi connectivity index (χ2n) is 5.34. The summed E-state index contributed by atoms with van der Waals surface area (Å²) in [6.07, 6.45) is -0.493. The number of nitrogens with one attached hydrogen (secondary N) is 1. The van der Waals surface area contributed by atoms with Gasteiger partial charge in [0.15, 0.2) is 11.6 Å². The van der Waals surface area contributed by atoms with Crippen LogP contribution in [-0.2, 0) is 0 Å². The SMILES string of the molecule is CCOc1ccc(NCC(O)C(C)(C)C)cc1F. The molecule has 0 fully saturated rings. The van der Waals surface area contributed by atoms with Gasteiger partial charge in [0.25, 0.3) is 0 Å². The van der Waals surface area contributed by atoms with E-state index in [1.165, 1.54) is 6.07 Å². The lowest BCUT2D eigenvalue weighted by molar-refractivity contribution is 0.0746. The fraction of sp³-hybridized carbons (Fsp3) is 0.571. The Labute approximate surface area is 108 Å². The highest BCUT2D eigenvalue weighted by Gasteiger charge is 2.21. The van der Waals surface area contributed by atoms with E-state index in [1.807, 2.05) is 27.7 Å². The average Bonchev–Trinajstić information content (AvgIpc) is 2.28. The van der Waals surface area contributed by atoms with Crippen LogP contribution in [-0.4, -0.2) is 24.4 Å². The van der Waals surface area contributed by atoms with Gasteiger partial charge in [-0.05, 0) is 24.5 Å². The molecule has 2 N–H and O–H groups in total. The summed E-state index contributed by atoms with van der Waals surface area (Å²) >= 11 is 0. The Morgan fingerprint density at radius 1 is 1.39 bits per heavy atom. The monoisotopic (exact) mass is 255 g/mol. The number of hydrogen-bond donors (Lipinski definition) is 2. The van der Waals surface area contributed by atoms with Crippen LogP contribution in [0.25, 0.3) is 0 Å². The van der Waals surface area contributed by atoms with Crippen molar-refractivity contribution in [3.63, 3.8) is 0 Å². The summed E-state index contributed by atoms with van der Waals surface area (Å²) in [5.74, 6) is -0.147. The van der Waals surface area contributed by atoms with Crippen LogP contribution in [0, 0.1) is 11.2 Å². The summed E-state index contributed by atoms with van der Waals surface area (Å²) in [7, 11) is 0. The third kappa shape index (κ3) is 4.18. The summed E-state index contributed by atoms with van der Waals surface area (Å²) in [5.41, 5.74) is 0.441. The van der Waals surface area contributed by atoms with E-state index < -0.39 is 11.9 Å². The van der Waals surface area contributed by atoms with Crippen molar-refractivity contribution in [2.24, 2.45) is 5.41 Å². The highest BCUT2D eigenvalue weighted by molar-refractivity contribution is 5.47. The Balaban J connectivity index is 2.61. The van der Waals surface area contributed by atoms with Crippen LogP contribution in [0.4, 0.5) is 10.1 Å². The highest BCUT2D eigenvalue weighted by atomic mass is 19.1. The van der Waals surface area contributed by atoms with Crippen LogP contribution in [0.1, 0.15) is 27.7 Å². The molecule has 102 valence electrons. The third-order valence-electron chi connectivity index (χ3n) is 2.73. The first-order valence-electron chi connectivity index (χ1n) is 6.19. The van der Waals surface area contributed by atoms with E-state index in [0.29, 0.717) is 18.8 Å². The molecule has 18 heavy (non-hydrogen) atoms. The molecule has 1 atom stereocenters. The average molecular weight is 255 g/mol. The van der Waals surface area contributed by atoms with Crippen molar-refractivity contribution in [1.29, 1.82) is 0 Å². The van der Waals surface area contributed by atoms with E-state index in [-0.39, 0.29) is 11.2 Å². The molecule has 0 saturated carbocycles. The van der Waals surface area contributed by atoms with E-state index in [9.17, 15) is 9.50 Å². The van der Waals surface area contributed by atoms with E-state index in [2.05, 4.69) is 5.32 Å². The fourth-order valence-electron chi connectivity index (χ4n) is 1.40. The minimum Gasteiger partial charge on any atom is -0.491 e. The molecule has 1 aromatic rings. The molecule has 0 aromatic heterocycles. The first-order chi connectivity index (χ1) is 8.34. The van der Waals surface area contributed by atoms with Gasteiger partial charge in [-0.1, -0.05) is 20.8 Å². The quantitative estimate of drug-likeness (QED) is 0.849. The molecule has 0 bridgehead atoms. The second kappa shape index (κ2) is 6.05. The molecule has 0 aliphatic heterocycles.